The first-order valence-electron chi connectivity index (χ1n) is 32.3. The summed E-state index contributed by atoms with van der Waals surface area (Å²) in [5.74, 6) is 0. The Bertz CT molecular complexity index is 3970. The van der Waals surface area contributed by atoms with E-state index in [-0.39, 0.29) is 32.5 Å². The van der Waals surface area contributed by atoms with Crippen LogP contribution in [-0.4, -0.2) is 0 Å². The fourth-order valence-electron chi connectivity index (χ4n) is 11.2. The van der Waals surface area contributed by atoms with Crippen molar-refractivity contribution in [3.63, 3.8) is 0 Å². The van der Waals surface area contributed by atoms with Crippen molar-refractivity contribution in [2.75, 3.05) is 0 Å². The molecule has 1 aliphatic carbocycles. The zero-order valence-electron chi connectivity index (χ0n) is 57.9. The Morgan fingerprint density at radius 3 is 1.11 bits per heavy atom. The molecule has 11 aromatic rings. The van der Waals surface area contributed by atoms with E-state index in [0.717, 1.165) is 0 Å². The van der Waals surface area contributed by atoms with Crippen LogP contribution in [0.25, 0.3) is 54.9 Å². The highest BCUT2D eigenvalue weighted by Crippen LogP contribution is 2.49. The SMILES string of the molecule is CC(C)(C)c1ccc(-c2ccccc2)cc1.CC(C)(C)c1ccc2c(c1)C(C)(C)c1ccccc1-2.CC(C)(C)c1ccc2ccccc2c1.CC(C)(C)c1cccc(-c2ccccc2)c1.CC(C)(C)c1cccc2ccccc12.CC(C)(C)c1ccccc1. The summed E-state index contributed by atoms with van der Waals surface area (Å²) in [7, 11) is 0. The molecule has 0 radical (unpaired) electrons. The summed E-state index contributed by atoms with van der Waals surface area (Å²) in [5.41, 5.74) is 20.8. The molecular formula is C89H104. The van der Waals surface area contributed by atoms with Gasteiger partial charge in [-0.25, -0.2) is 0 Å². The van der Waals surface area contributed by atoms with Crippen LogP contribution in [0.2, 0.25) is 0 Å². The van der Waals surface area contributed by atoms with Crippen molar-refractivity contribution in [3.8, 4) is 33.4 Å². The number of rotatable bonds is 2. The molecule has 0 aliphatic heterocycles. The molecule has 0 aromatic heterocycles. The van der Waals surface area contributed by atoms with E-state index in [1.54, 1.807) is 0 Å². The van der Waals surface area contributed by atoms with Gasteiger partial charge in [0.05, 0.1) is 0 Å². The minimum absolute atomic E-state index is 0.118. The van der Waals surface area contributed by atoms with Crippen molar-refractivity contribution < 1.29 is 0 Å². The second-order valence-corrected chi connectivity index (χ2v) is 30.8. The van der Waals surface area contributed by atoms with Gasteiger partial charge in [0.2, 0.25) is 0 Å². The molecule has 0 bridgehead atoms. The normalized spacial score (nSPS) is 12.6. The molecule has 0 unspecified atom stereocenters. The van der Waals surface area contributed by atoms with Gasteiger partial charge in [-0.05, 0) is 132 Å². The van der Waals surface area contributed by atoms with Crippen molar-refractivity contribution in [1.29, 1.82) is 0 Å². The van der Waals surface area contributed by atoms with Crippen molar-refractivity contribution in [3.05, 3.63) is 311 Å². The zero-order valence-corrected chi connectivity index (χ0v) is 57.9. The smallest absolute Gasteiger partial charge is 0.0158 e. The van der Waals surface area contributed by atoms with E-state index in [4.69, 9.17) is 0 Å². The number of fused-ring (bicyclic) bond motifs is 5. The Labute approximate surface area is 539 Å². The third-order valence-electron chi connectivity index (χ3n) is 17.0. The molecule has 0 nitrogen and oxygen atoms in total. The van der Waals surface area contributed by atoms with E-state index in [0.29, 0.717) is 5.41 Å². The van der Waals surface area contributed by atoms with Crippen LogP contribution >= 0.6 is 0 Å². The van der Waals surface area contributed by atoms with Crippen LogP contribution in [0.15, 0.2) is 267 Å². The van der Waals surface area contributed by atoms with Crippen molar-refractivity contribution >= 4 is 21.5 Å². The molecule has 89 heavy (non-hydrogen) atoms. The third-order valence-corrected chi connectivity index (χ3v) is 17.0. The number of benzene rings is 11. The number of hydrogen-bond donors (Lipinski definition) is 0. The average molecular weight is 1170 g/mol. The quantitative estimate of drug-likeness (QED) is 0.162. The van der Waals surface area contributed by atoms with Gasteiger partial charge in [0, 0.05) is 5.41 Å². The Balaban J connectivity index is 0.000000153. The summed E-state index contributed by atoms with van der Waals surface area (Å²) in [4.78, 5) is 0. The van der Waals surface area contributed by atoms with Gasteiger partial charge in [-0.1, -0.05) is 405 Å². The van der Waals surface area contributed by atoms with Gasteiger partial charge in [0.15, 0.2) is 0 Å². The van der Waals surface area contributed by atoms with Gasteiger partial charge in [-0.2, -0.15) is 0 Å². The summed E-state index contributed by atoms with van der Waals surface area (Å²) in [5, 5.41) is 5.36. The van der Waals surface area contributed by atoms with Crippen LogP contribution in [0.1, 0.15) is 183 Å². The maximum Gasteiger partial charge on any atom is 0.0158 e. The van der Waals surface area contributed by atoms with E-state index >= 15 is 0 Å². The standard InChI is InChI=1S/C19H22.2C16H18.2C14H16.C10H14/c1-18(2,3)13-10-11-15-14-8-6-7-9-16(14)19(4,5)17(15)12-13;1-16(2,3)15-11-7-10-14(12-15)13-8-5-4-6-9-13;1-16(2,3)15-11-9-14(10-12-15)13-7-5-4-6-8-13;1-14(2,3)13-10-6-8-11-7-4-5-9-12(11)13;1-14(2,3)13-9-8-11-6-4-5-7-12(11)10-13;1-10(2,3)9-7-5-4-6-8-9/h6-12H,1-5H3;2*4-12H,1-3H3;2*4-10H,1-3H3;4-8H,1-3H3. The summed E-state index contributed by atoms with van der Waals surface area (Å²) in [6.07, 6.45) is 0. The molecule has 0 saturated heterocycles. The van der Waals surface area contributed by atoms with Crippen LogP contribution in [0.5, 0.6) is 0 Å². The maximum atomic E-state index is 2.41. The van der Waals surface area contributed by atoms with Gasteiger partial charge in [0.1, 0.15) is 0 Å². The Morgan fingerprint density at radius 1 is 0.213 bits per heavy atom. The van der Waals surface area contributed by atoms with Crippen LogP contribution < -0.4 is 0 Å². The second kappa shape index (κ2) is 28.6. The fraction of sp³-hybridized carbons (Fsp3) is 0.303. The predicted molar refractivity (Wildman–Crippen MR) is 394 cm³/mol. The second-order valence-electron chi connectivity index (χ2n) is 30.8. The van der Waals surface area contributed by atoms with Crippen molar-refractivity contribution in [2.45, 2.75) is 176 Å². The lowest BCUT2D eigenvalue weighted by Crippen LogP contribution is -2.17. The highest BCUT2D eigenvalue weighted by Gasteiger charge is 2.36. The lowest BCUT2D eigenvalue weighted by Gasteiger charge is -2.25. The Hall–Kier alpha value is -8.06. The molecule has 0 atom stereocenters. The molecule has 0 heteroatoms. The molecular weight excluding hydrogens is 1070 g/mol. The Kier molecular flexibility index (Phi) is 22.0. The van der Waals surface area contributed by atoms with Crippen LogP contribution in [0.3, 0.4) is 0 Å². The van der Waals surface area contributed by atoms with E-state index in [1.807, 2.05) is 6.07 Å². The van der Waals surface area contributed by atoms with Crippen molar-refractivity contribution in [1.82, 2.24) is 0 Å². The van der Waals surface area contributed by atoms with E-state index in [1.165, 1.54) is 99.4 Å². The van der Waals surface area contributed by atoms with Gasteiger partial charge >= 0.3 is 0 Å². The van der Waals surface area contributed by atoms with Gasteiger partial charge in [-0.3, -0.25) is 0 Å². The highest BCUT2D eigenvalue weighted by molar-refractivity contribution is 5.87. The minimum Gasteiger partial charge on any atom is -0.0622 e. The van der Waals surface area contributed by atoms with Crippen LogP contribution in [0.4, 0.5) is 0 Å². The van der Waals surface area contributed by atoms with E-state index in [9.17, 15) is 0 Å². The first-order valence-corrected chi connectivity index (χ1v) is 32.3. The lowest BCUT2D eigenvalue weighted by molar-refractivity contribution is 0.584. The van der Waals surface area contributed by atoms with Crippen LogP contribution in [-0.2, 0) is 37.9 Å². The monoisotopic (exact) mass is 1170 g/mol. The molecule has 0 N–H and O–H groups in total. The topological polar surface area (TPSA) is 0 Å². The largest absolute Gasteiger partial charge is 0.0622 e. The highest BCUT2D eigenvalue weighted by atomic mass is 14.4. The summed E-state index contributed by atoms with van der Waals surface area (Å²) < 4.78 is 0. The van der Waals surface area contributed by atoms with Crippen LogP contribution in [0, 0.1) is 0 Å². The molecule has 0 fully saturated rings. The molecule has 0 spiro atoms. The fourth-order valence-corrected chi connectivity index (χ4v) is 11.2. The van der Waals surface area contributed by atoms with E-state index in [2.05, 4.69) is 399 Å². The molecule has 0 amide bonds. The number of hydrogen-bond acceptors (Lipinski definition) is 0. The Morgan fingerprint density at radius 2 is 0.573 bits per heavy atom. The lowest BCUT2D eigenvalue weighted by atomic mass is 9.79. The summed E-state index contributed by atoms with van der Waals surface area (Å²) >= 11 is 0. The molecule has 1 aliphatic rings. The first kappa shape index (κ1) is 68.4. The maximum absolute atomic E-state index is 2.41. The van der Waals surface area contributed by atoms with Gasteiger partial charge < -0.3 is 0 Å². The first-order chi connectivity index (χ1) is 41.7. The molecule has 0 heterocycles. The average Bonchev–Trinajstić information content (AvgIpc) is 1.59. The predicted octanol–water partition coefficient (Wildman–Crippen LogP) is 25.9. The summed E-state index contributed by atoms with van der Waals surface area (Å²) in [6, 6.07) is 95.4. The van der Waals surface area contributed by atoms with Gasteiger partial charge in [0.25, 0.3) is 0 Å². The molecule has 460 valence electrons. The van der Waals surface area contributed by atoms with Crippen molar-refractivity contribution in [2.24, 2.45) is 0 Å². The molecule has 11 aromatic carbocycles. The zero-order chi connectivity index (χ0) is 65.0. The minimum atomic E-state index is 0.118. The summed E-state index contributed by atoms with van der Waals surface area (Å²) in [6.45, 7) is 45.2. The molecule has 12 rings (SSSR count). The van der Waals surface area contributed by atoms with E-state index < -0.39 is 0 Å². The third kappa shape index (κ3) is 18.7. The molecule has 0 saturated carbocycles. The van der Waals surface area contributed by atoms with Gasteiger partial charge in [-0.15, -0.1) is 0 Å².